The van der Waals surface area contributed by atoms with Crippen molar-refractivity contribution in [1.82, 2.24) is 4.72 Å². The topological polar surface area (TPSA) is 168 Å². The lowest BCUT2D eigenvalue weighted by Gasteiger charge is -2.18. The smallest absolute Gasteiger partial charge is 0.264 e. The number of rotatable bonds is 11. The van der Waals surface area contributed by atoms with Crippen LogP contribution in [0.3, 0.4) is 0 Å². The maximum Gasteiger partial charge on any atom is 0.264 e. The fraction of sp³-hybridized carbons (Fsp3) is 0.241. The Morgan fingerprint density at radius 2 is 1.76 bits per heavy atom. The number of nitriles is 1. The van der Waals surface area contributed by atoms with E-state index in [-0.39, 0.29) is 43.3 Å². The van der Waals surface area contributed by atoms with Gasteiger partial charge in [-0.05, 0) is 73.0 Å². The van der Waals surface area contributed by atoms with Crippen LogP contribution < -0.4 is 20.5 Å². The van der Waals surface area contributed by atoms with Crippen molar-refractivity contribution in [2.45, 2.75) is 38.1 Å². The van der Waals surface area contributed by atoms with Gasteiger partial charge in [-0.25, -0.2) is 13.1 Å². The zero-order valence-electron chi connectivity index (χ0n) is 22.9. The van der Waals surface area contributed by atoms with Crippen LogP contribution in [0, 0.1) is 24.2 Å². The highest BCUT2D eigenvalue weighted by Crippen LogP contribution is 2.27. The Morgan fingerprint density at radius 1 is 1.05 bits per heavy atom. The molecule has 0 saturated heterocycles. The molecule has 0 saturated carbocycles. The predicted octanol–water partition coefficient (Wildman–Crippen LogP) is 4.60. The summed E-state index contributed by atoms with van der Waals surface area (Å²) in [6.45, 7) is 4.68. The summed E-state index contributed by atoms with van der Waals surface area (Å²) in [6, 6.07) is 13.4. The quantitative estimate of drug-likeness (QED) is 0.258. The predicted molar refractivity (Wildman–Crippen MR) is 159 cm³/mol. The molecule has 220 valence electrons. The maximum absolute atomic E-state index is 13.2. The van der Waals surface area contributed by atoms with Gasteiger partial charge in [0.15, 0.2) is 12.4 Å². The van der Waals surface area contributed by atoms with Crippen LogP contribution in [-0.4, -0.2) is 38.7 Å². The van der Waals surface area contributed by atoms with Crippen molar-refractivity contribution >= 4 is 56.5 Å². The third-order valence-corrected chi connectivity index (χ3v) is 8.21. The number of halogens is 2. The van der Waals surface area contributed by atoms with E-state index in [0.29, 0.717) is 17.7 Å². The number of hydrogen-bond acceptors (Lipinski definition) is 8. The number of nitrogens with zero attached hydrogens (tertiary/aromatic N) is 1. The van der Waals surface area contributed by atoms with Crippen LogP contribution in [0.25, 0.3) is 0 Å². The Labute approximate surface area is 253 Å². The maximum atomic E-state index is 13.2. The van der Waals surface area contributed by atoms with Gasteiger partial charge in [-0.15, -0.1) is 0 Å². The van der Waals surface area contributed by atoms with Gasteiger partial charge >= 0.3 is 0 Å². The molecule has 0 unspecified atom stereocenters. The van der Waals surface area contributed by atoms with Crippen molar-refractivity contribution in [3.63, 3.8) is 0 Å². The lowest BCUT2D eigenvalue weighted by atomic mass is 10.00. The van der Waals surface area contributed by atoms with Gasteiger partial charge in [-0.2, -0.15) is 5.26 Å². The highest BCUT2D eigenvalue weighted by atomic mass is 35.5. The van der Waals surface area contributed by atoms with Gasteiger partial charge in [-0.3, -0.25) is 14.4 Å². The molecule has 10 nitrogen and oxygen atoms in total. The first-order valence-electron chi connectivity index (χ1n) is 12.7. The highest BCUT2D eigenvalue weighted by molar-refractivity contribution is 7.90. The van der Waals surface area contributed by atoms with Gasteiger partial charge in [0.2, 0.25) is 0 Å². The van der Waals surface area contributed by atoms with Crippen LogP contribution in [0.4, 0.5) is 5.69 Å². The van der Waals surface area contributed by atoms with Gasteiger partial charge in [0.25, 0.3) is 21.8 Å². The van der Waals surface area contributed by atoms with E-state index in [1.165, 1.54) is 54.6 Å². The number of anilines is 1. The number of nitrogens with one attached hydrogen (secondary N) is 2. The SMILES string of the molecule is CC[C@H](C)[C@H](N)C(=O)NS(=O)(=O)c1ccc(NC(=O)COc2ccc(Cl)cc2C(=O)c2cc(Cl)cc(C#N)c2)c(C)c1. The minimum Gasteiger partial charge on any atom is -0.483 e. The van der Waals surface area contributed by atoms with E-state index in [9.17, 15) is 28.1 Å². The second-order valence-corrected chi connectivity index (χ2v) is 12.1. The molecule has 42 heavy (non-hydrogen) atoms. The number of carbonyl (C=O) groups excluding carboxylic acids is 3. The molecule has 3 aromatic rings. The molecule has 0 aliphatic rings. The number of carbonyl (C=O) groups is 3. The van der Waals surface area contributed by atoms with Crippen molar-refractivity contribution in [3.8, 4) is 11.8 Å². The monoisotopic (exact) mass is 630 g/mol. The second kappa shape index (κ2) is 13.8. The molecule has 13 heteroatoms. The molecule has 0 aliphatic heterocycles. The summed E-state index contributed by atoms with van der Waals surface area (Å²) in [5.74, 6) is -2.06. The third-order valence-electron chi connectivity index (χ3n) is 6.41. The van der Waals surface area contributed by atoms with E-state index in [2.05, 4.69) is 5.32 Å². The van der Waals surface area contributed by atoms with Gasteiger partial charge in [-0.1, -0.05) is 43.5 Å². The lowest BCUT2D eigenvalue weighted by Crippen LogP contribution is -2.46. The summed E-state index contributed by atoms with van der Waals surface area (Å²) >= 11 is 12.1. The van der Waals surface area contributed by atoms with Crippen LogP contribution in [0.2, 0.25) is 10.0 Å². The summed E-state index contributed by atoms with van der Waals surface area (Å²) in [4.78, 5) is 38.0. The van der Waals surface area contributed by atoms with E-state index in [0.717, 1.165) is 0 Å². The van der Waals surface area contributed by atoms with E-state index < -0.39 is 40.3 Å². The minimum atomic E-state index is -4.19. The van der Waals surface area contributed by atoms with Gasteiger partial charge in [0.05, 0.1) is 28.1 Å². The fourth-order valence-electron chi connectivity index (χ4n) is 3.79. The molecule has 3 aromatic carbocycles. The fourth-order valence-corrected chi connectivity index (χ4v) is 5.30. The number of nitrogens with two attached hydrogens (primary N) is 1. The first-order chi connectivity index (χ1) is 19.7. The molecule has 2 atom stereocenters. The van der Waals surface area contributed by atoms with E-state index >= 15 is 0 Å². The Kier molecular flexibility index (Phi) is 10.7. The Hall–Kier alpha value is -3.95. The van der Waals surface area contributed by atoms with Crippen LogP contribution in [0.15, 0.2) is 59.5 Å². The van der Waals surface area contributed by atoms with Crippen LogP contribution in [-0.2, 0) is 19.6 Å². The molecule has 0 bridgehead atoms. The summed E-state index contributed by atoms with van der Waals surface area (Å²) < 4.78 is 33.0. The highest BCUT2D eigenvalue weighted by Gasteiger charge is 2.26. The Balaban J connectivity index is 1.72. The zero-order chi connectivity index (χ0) is 31.2. The molecular weight excluding hydrogens is 603 g/mol. The summed E-state index contributed by atoms with van der Waals surface area (Å²) in [6.07, 6.45) is 0.604. The van der Waals surface area contributed by atoms with Gasteiger partial charge in [0.1, 0.15) is 5.75 Å². The van der Waals surface area contributed by atoms with Crippen molar-refractivity contribution in [2.75, 3.05) is 11.9 Å². The molecule has 0 aromatic heterocycles. The van der Waals surface area contributed by atoms with Gasteiger partial charge < -0.3 is 15.8 Å². The van der Waals surface area contributed by atoms with Crippen molar-refractivity contribution in [3.05, 3.63) is 86.9 Å². The van der Waals surface area contributed by atoms with Crippen LogP contribution >= 0.6 is 23.2 Å². The van der Waals surface area contributed by atoms with Crippen LogP contribution in [0.5, 0.6) is 5.75 Å². The van der Waals surface area contributed by atoms with E-state index in [4.69, 9.17) is 33.7 Å². The van der Waals surface area contributed by atoms with Crippen molar-refractivity contribution in [1.29, 1.82) is 5.26 Å². The summed E-state index contributed by atoms with van der Waals surface area (Å²) in [7, 11) is -4.19. The number of aryl methyl sites for hydroxylation is 1. The second-order valence-electron chi connectivity index (χ2n) is 9.50. The molecule has 0 radical (unpaired) electrons. The molecular formula is C29H28Cl2N4O6S. The van der Waals surface area contributed by atoms with E-state index in [1.807, 2.05) is 17.7 Å². The van der Waals surface area contributed by atoms with Crippen LogP contribution in [0.1, 0.15) is 47.3 Å². The first-order valence-corrected chi connectivity index (χ1v) is 14.9. The average molecular weight is 632 g/mol. The van der Waals surface area contributed by atoms with Gasteiger partial charge in [0, 0.05) is 21.3 Å². The lowest BCUT2D eigenvalue weighted by molar-refractivity contribution is -0.121. The Bertz CT molecular complexity index is 1690. The van der Waals surface area contributed by atoms with Crippen molar-refractivity contribution < 1.29 is 27.5 Å². The standard InChI is InChI=1S/C29H28Cl2N4O6S/c1-4-16(2)27(33)29(38)35-42(39,40)22-6-7-24(17(3)9-22)34-26(36)15-41-25-8-5-20(30)13-23(25)28(37)19-10-18(14-32)11-21(31)12-19/h5-13,16,27H,4,15,33H2,1-3H3,(H,34,36)(H,35,38)/t16-,27-/m0/s1. The number of ether oxygens (including phenoxy) is 1. The minimum absolute atomic E-state index is 0.0577. The summed E-state index contributed by atoms with van der Waals surface area (Å²) in [5.41, 5.74) is 6.94. The molecule has 2 amide bonds. The molecule has 0 aliphatic carbocycles. The number of ketones is 1. The molecule has 4 N–H and O–H groups in total. The molecule has 0 fully saturated rings. The third kappa shape index (κ3) is 8.08. The number of hydrogen-bond donors (Lipinski definition) is 3. The summed E-state index contributed by atoms with van der Waals surface area (Å²) in [5, 5.41) is 12.3. The van der Waals surface area contributed by atoms with Crippen molar-refractivity contribution in [2.24, 2.45) is 11.7 Å². The molecule has 0 heterocycles. The number of amides is 2. The van der Waals surface area contributed by atoms with E-state index in [1.54, 1.807) is 13.8 Å². The zero-order valence-corrected chi connectivity index (χ0v) is 25.2. The molecule has 3 rings (SSSR count). The number of benzene rings is 3. The largest absolute Gasteiger partial charge is 0.483 e. The molecule has 0 spiro atoms. The Morgan fingerprint density at radius 3 is 2.40 bits per heavy atom. The normalized spacial score (nSPS) is 12.5. The average Bonchev–Trinajstić information content (AvgIpc) is 2.95. The first kappa shape index (κ1) is 32.6. The number of sulfonamides is 1.